The highest BCUT2D eigenvalue weighted by Gasteiger charge is 2.12. The molecule has 0 radical (unpaired) electrons. The Kier molecular flexibility index (Phi) is 4.77. The molecule has 1 unspecified atom stereocenters. The number of aryl methyl sites for hydroxylation is 2. The molecule has 2 aromatic rings. The van der Waals surface area contributed by atoms with Crippen molar-refractivity contribution in [2.45, 2.75) is 32.8 Å². The minimum absolute atomic E-state index is 0.238. The van der Waals surface area contributed by atoms with Gasteiger partial charge >= 0.3 is 0 Å². The summed E-state index contributed by atoms with van der Waals surface area (Å²) in [5, 5.41) is 0. The molecule has 0 aliphatic rings. The maximum atomic E-state index is 5.71. The van der Waals surface area contributed by atoms with E-state index in [0.29, 0.717) is 5.89 Å². The van der Waals surface area contributed by atoms with Gasteiger partial charge in [-0.25, -0.2) is 4.98 Å². The first-order valence-corrected chi connectivity index (χ1v) is 6.88. The van der Waals surface area contributed by atoms with Crippen LogP contribution in [0.3, 0.4) is 0 Å². The second-order valence-electron chi connectivity index (χ2n) is 4.33. The SMILES string of the molecule is Cc1oc(-c2ccccc2)nc1CCC(C)OI. The van der Waals surface area contributed by atoms with Gasteiger partial charge in [0.1, 0.15) is 28.8 Å². The van der Waals surface area contributed by atoms with Crippen LogP contribution in [0, 0.1) is 6.92 Å². The third-order valence-electron chi connectivity index (χ3n) is 2.85. The maximum Gasteiger partial charge on any atom is 0.226 e. The molecule has 1 aromatic heterocycles. The predicted octanol–water partition coefficient (Wildman–Crippen LogP) is 4.34. The smallest absolute Gasteiger partial charge is 0.226 e. The molecule has 4 heteroatoms. The van der Waals surface area contributed by atoms with Crippen molar-refractivity contribution in [2.75, 3.05) is 0 Å². The van der Waals surface area contributed by atoms with Crippen LogP contribution in [0.4, 0.5) is 0 Å². The quantitative estimate of drug-likeness (QED) is 0.747. The molecule has 0 N–H and O–H groups in total. The molecular formula is C14H16INO2. The van der Waals surface area contributed by atoms with Gasteiger partial charge in [-0.1, -0.05) is 18.2 Å². The second-order valence-corrected chi connectivity index (χ2v) is 4.83. The third kappa shape index (κ3) is 3.32. The second kappa shape index (κ2) is 6.33. The lowest BCUT2D eigenvalue weighted by atomic mass is 10.1. The lowest BCUT2D eigenvalue weighted by Crippen LogP contribution is -2.03. The van der Waals surface area contributed by atoms with E-state index in [0.717, 1.165) is 29.9 Å². The molecule has 2 rings (SSSR count). The minimum Gasteiger partial charge on any atom is -0.441 e. The summed E-state index contributed by atoms with van der Waals surface area (Å²) >= 11 is 1.94. The van der Waals surface area contributed by atoms with Crippen LogP contribution in [0.1, 0.15) is 24.8 Å². The minimum atomic E-state index is 0.238. The number of nitrogens with zero attached hydrogens (tertiary/aromatic N) is 1. The number of halogens is 1. The van der Waals surface area contributed by atoms with E-state index in [1.165, 1.54) is 0 Å². The Hall–Kier alpha value is -0.880. The van der Waals surface area contributed by atoms with Gasteiger partial charge in [-0.2, -0.15) is 0 Å². The van der Waals surface area contributed by atoms with Crippen LogP contribution in [0.15, 0.2) is 34.7 Å². The van der Waals surface area contributed by atoms with E-state index >= 15 is 0 Å². The van der Waals surface area contributed by atoms with Gasteiger partial charge in [0, 0.05) is 5.56 Å². The Bertz CT molecular complexity index is 496. The van der Waals surface area contributed by atoms with Gasteiger partial charge in [0.25, 0.3) is 0 Å². The Labute approximate surface area is 121 Å². The van der Waals surface area contributed by atoms with Crippen LogP contribution in [-0.4, -0.2) is 11.1 Å². The van der Waals surface area contributed by atoms with Crippen LogP contribution < -0.4 is 0 Å². The predicted molar refractivity (Wildman–Crippen MR) is 79.6 cm³/mol. The van der Waals surface area contributed by atoms with Gasteiger partial charge in [-0.3, -0.25) is 0 Å². The van der Waals surface area contributed by atoms with Crippen molar-refractivity contribution in [3.05, 3.63) is 41.8 Å². The molecule has 3 nitrogen and oxygen atoms in total. The van der Waals surface area contributed by atoms with Crippen molar-refractivity contribution >= 4 is 23.0 Å². The topological polar surface area (TPSA) is 35.3 Å². The zero-order valence-corrected chi connectivity index (χ0v) is 12.7. The highest BCUT2D eigenvalue weighted by Crippen LogP contribution is 2.22. The van der Waals surface area contributed by atoms with Crippen molar-refractivity contribution in [1.82, 2.24) is 4.98 Å². The van der Waals surface area contributed by atoms with Gasteiger partial charge in [0.2, 0.25) is 5.89 Å². The average molecular weight is 357 g/mol. The lowest BCUT2D eigenvalue weighted by molar-refractivity contribution is 0.291. The molecule has 0 amide bonds. The van der Waals surface area contributed by atoms with Crippen LogP contribution in [0.5, 0.6) is 0 Å². The molecule has 0 fully saturated rings. The van der Waals surface area contributed by atoms with E-state index in [4.69, 9.17) is 7.48 Å². The maximum absolute atomic E-state index is 5.71. The number of aromatic nitrogens is 1. The van der Waals surface area contributed by atoms with Crippen LogP contribution in [-0.2, 0) is 9.49 Å². The fraction of sp³-hybridized carbons (Fsp3) is 0.357. The lowest BCUT2D eigenvalue weighted by Gasteiger charge is -2.05. The largest absolute Gasteiger partial charge is 0.441 e. The molecule has 0 spiro atoms. The van der Waals surface area contributed by atoms with Crippen molar-refractivity contribution in [3.63, 3.8) is 0 Å². The first-order chi connectivity index (χ1) is 8.70. The fourth-order valence-corrected chi connectivity index (χ4v) is 2.00. The van der Waals surface area contributed by atoms with E-state index in [-0.39, 0.29) is 6.10 Å². The molecule has 18 heavy (non-hydrogen) atoms. The standard InChI is InChI=1S/C14H16INO2/c1-10(18-15)8-9-13-11(2)17-14(16-13)12-6-4-3-5-7-12/h3-7,10H,8-9H2,1-2H3. The highest BCUT2D eigenvalue weighted by molar-refractivity contribution is 14.1. The van der Waals surface area contributed by atoms with E-state index in [9.17, 15) is 0 Å². The molecule has 0 saturated carbocycles. The first kappa shape index (κ1) is 13.5. The number of hydrogen-bond donors (Lipinski definition) is 0. The van der Waals surface area contributed by atoms with Gasteiger partial charge in [0.05, 0.1) is 11.8 Å². The normalized spacial score (nSPS) is 12.6. The number of oxazole rings is 1. The Morgan fingerprint density at radius 1 is 1.33 bits per heavy atom. The number of hydrogen-bond acceptors (Lipinski definition) is 3. The summed E-state index contributed by atoms with van der Waals surface area (Å²) in [5.74, 6) is 1.60. The van der Waals surface area contributed by atoms with E-state index in [2.05, 4.69) is 11.9 Å². The van der Waals surface area contributed by atoms with Crippen LogP contribution in [0.25, 0.3) is 11.5 Å². The van der Waals surface area contributed by atoms with Gasteiger partial charge in [0.15, 0.2) is 0 Å². The van der Waals surface area contributed by atoms with Crippen molar-refractivity contribution in [1.29, 1.82) is 0 Å². The average Bonchev–Trinajstić information content (AvgIpc) is 2.78. The van der Waals surface area contributed by atoms with E-state index in [1.54, 1.807) is 0 Å². The molecule has 0 aliphatic carbocycles. The van der Waals surface area contributed by atoms with Crippen LogP contribution in [0.2, 0.25) is 0 Å². The summed E-state index contributed by atoms with van der Waals surface area (Å²) in [7, 11) is 0. The Morgan fingerprint density at radius 2 is 2.06 bits per heavy atom. The molecule has 1 heterocycles. The zero-order chi connectivity index (χ0) is 13.0. The summed E-state index contributed by atoms with van der Waals surface area (Å²) in [5.41, 5.74) is 2.04. The molecule has 96 valence electrons. The van der Waals surface area contributed by atoms with E-state index < -0.39 is 0 Å². The first-order valence-electron chi connectivity index (χ1n) is 6.00. The molecule has 0 saturated heterocycles. The summed E-state index contributed by atoms with van der Waals surface area (Å²) < 4.78 is 10.9. The van der Waals surface area contributed by atoms with Gasteiger partial charge in [-0.15, -0.1) is 0 Å². The van der Waals surface area contributed by atoms with Crippen molar-refractivity contribution in [3.8, 4) is 11.5 Å². The molecule has 0 aliphatic heterocycles. The highest BCUT2D eigenvalue weighted by atomic mass is 127. The molecule has 1 aromatic carbocycles. The fourth-order valence-electron chi connectivity index (χ4n) is 1.75. The van der Waals surface area contributed by atoms with Crippen molar-refractivity contribution in [2.24, 2.45) is 0 Å². The molecule has 0 bridgehead atoms. The molecular weight excluding hydrogens is 341 g/mol. The monoisotopic (exact) mass is 357 g/mol. The third-order valence-corrected chi connectivity index (χ3v) is 3.72. The van der Waals surface area contributed by atoms with Gasteiger partial charge < -0.3 is 7.48 Å². The van der Waals surface area contributed by atoms with E-state index in [1.807, 2.05) is 60.3 Å². The van der Waals surface area contributed by atoms with Crippen molar-refractivity contribution < 1.29 is 7.48 Å². The Morgan fingerprint density at radius 3 is 2.72 bits per heavy atom. The zero-order valence-electron chi connectivity index (χ0n) is 10.5. The number of benzene rings is 1. The van der Waals surface area contributed by atoms with Crippen LogP contribution >= 0.6 is 23.0 Å². The Balaban J connectivity index is 2.12. The molecule has 1 atom stereocenters. The summed E-state index contributed by atoms with van der Waals surface area (Å²) in [4.78, 5) is 4.56. The summed E-state index contributed by atoms with van der Waals surface area (Å²) in [6, 6.07) is 9.97. The summed E-state index contributed by atoms with van der Waals surface area (Å²) in [6.45, 7) is 4.02. The number of rotatable bonds is 5. The van der Waals surface area contributed by atoms with Gasteiger partial charge in [-0.05, 0) is 38.8 Å². The summed E-state index contributed by atoms with van der Waals surface area (Å²) in [6.07, 6.45) is 2.07.